The van der Waals surface area contributed by atoms with Crippen LogP contribution in [0.2, 0.25) is 0 Å². The van der Waals surface area contributed by atoms with Crippen molar-refractivity contribution in [2.75, 3.05) is 0 Å². The molecule has 13 heteroatoms. The third kappa shape index (κ3) is 6.71. The minimum atomic E-state index is -5.00. The van der Waals surface area contributed by atoms with Crippen LogP contribution in [-0.2, 0) is 23.0 Å². The zero-order valence-corrected chi connectivity index (χ0v) is 12.8. The Labute approximate surface area is 124 Å². The lowest BCUT2D eigenvalue weighted by Gasteiger charge is -2.21. The lowest BCUT2D eigenvalue weighted by molar-refractivity contribution is -0.138. The number of carboxylic acids is 1. The number of carboxylic acid groups (broad SMARTS) is 1. The Kier molecular flexibility index (Phi) is 5.94. The van der Waals surface area contributed by atoms with Gasteiger partial charge in [0.1, 0.15) is 6.04 Å². The number of allylic oxidation sites excluding steroid dienone is 2. The third-order valence-corrected chi connectivity index (χ3v) is 3.42. The molecule has 0 aromatic carbocycles. The van der Waals surface area contributed by atoms with Gasteiger partial charge in [-0.2, -0.15) is 0 Å². The van der Waals surface area contributed by atoms with E-state index in [-0.39, 0.29) is 19.3 Å². The summed E-state index contributed by atoms with van der Waals surface area (Å²) in [7, 11) is -9.94. The Morgan fingerprint density at radius 3 is 2.18 bits per heavy atom. The number of phosphoric acid groups is 2. The van der Waals surface area contributed by atoms with Gasteiger partial charge in [-0.1, -0.05) is 5.57 Å². The molecule has 0 amide bonds. The molecule has 126 valence electrons. The fraction of sp³-hybridized carbons (Fsp3) is 0.444. The number of rotatable bonds is 7. The Morgan fingerprint density at radius 1 is 1.18 bits per heavy atom. The molecule has 1 aliphatic rings. The molecule has 0 saturated heterocycles. The molecule has 0 aromatic rings. The molecule has 0 bridgehead atoms. The van der Waals surface area contributed by atoms with Crippen molar-refractivity contribution >= 4 is 21.6 Å². The van der Waals surface area contributed by atoms with Crippen molar-refractivity contribution in [2.24, 2.45) is 5.73 Å². The summed E-state index contributed by atoms with van der Waals surface area (Å²) in [5.41, 5.74) is 5.74. The molecule has 7 N–H and O–H groups in total. The Morgan fingerprint density at radius 2 is 1.73 bits per heavy atom. The van der Waals surface area contributed by atoms with E-state index in [9.17, 15) is 13.9 Å². The second kappa shape index (κ2) is 6.93. The van der Waals surface area contributed by atoms with Crippen LogP contribution in [0.15, 0.2) is 23.2 Å². The lowest BCUT2D eigenvalue weighted by atomic mass is 9.96. The molecule has 0 aliphatic heterocycles. The molecular weight excluding hydrogens is 344 g/mol. The van der Waals surface area contributed by atoms with E-state index in [2.05, 4.69) is 9.05 Å². The highest BCUT2D eigenvalue weighted by atomic mass is 31.2. The van der Waals surface area contributed by atoms with Gasteiger partial charge in [-0.05, 0) is 18.9 Å². The third-order valence-electron chi connectivity index (χ3n) is 2.53. The fourth-order valence-electron chi connectivity index (χ4n) is 1.71. The van der Waals surface area contributed by atoms with Crippen molar-refractivity contribution in [3.63, 3.8) is 0 Å². The summed E-state index contributed by atoms with van der Waals surface area (Å²) >= 11 is 0. The summed E-state index contributed by atoms with van der Waals surface area (Å²) in [5.74, 6) is -2.28. The van der Waals surface area contributed by atoms with Crippen LogP contribution >= 0.6 is 15.6 Å². The molecule has 1 atom stereocenters. The van der Waals surface area contributed by atoms with Gasteiger partial charge in [0.2, 0.25) is 0 Å². The molecule has 0 spiro atoms. The van der Waals surface area contributed by atoms with Crippen LogP contribution in [-0.4, -0.2) is 36.7 Å². The van der Waals surface area contributed by atoms with Gasteiger partial charge in [-0.3, -0.25) is 24.4 Å². The number of hydrogen-bond donors (Lipinski definition) is 6. The first-order valence-electron chi connectivity index (χ1n) is 5.78. The first-order chi connectivity index (χ1) is 9.87. The minimum absolute atomic E-state index is 0.119. The maximum absolute atomic E-state index is 10.9. The highest BCUT2D eigenvalue weighted by Crippen LogP contribution is 2.47. The van der Waals surface area contributed by atoms with Crippen LogP contribution in [0.4, 0.5) is 0 Å². The fourth-order valence-corrected chi connectivity index (χ4v) is 2.58. The molecular formula is C9H15NO10P2. The molecule has 1 aliphatic carbocycles. The quantitative estimate of drug-likeness (QED) is 0.333. The molecule has 0 saturated carbocycles. The SMILES string of the molecule is N[C@@H](CC1=CC(OP(=O)(O)O)=C(OP(=O)(O)O)CC1)C(=O)O. The normalized spacial score (nSPS) is 17.8. The van der Waals surface area contributed by atoms with Crippen LogP contribution in [0.1, 0.15) is 19.3 Å². The van der Waals surface area contributed by atoms with E-state index in [0.717, 1.165) is 6.08 Å². The van der Waals surface area contributed by atoms with Crippen molar-refractivity contribution in [3.8, 4) is 0 Å². The van der Waals surface area contributed by atoms with Crippen molar-refractivity contribution in [1.82, 2.24) is 0 Å². The van der Waals surface area contributed by atoms with Crippen molar-refractivity contribution in [3.05, 3.63) is 23.2 Å². The molecule has 22 heavy (non-hydrogen) atoms. The predicted octanol–water partition coefficient (Wildman–Crippen LogP) is -0.0612. The van der Waals surface area contributed by atoms with Crippen molar-refractivity contribution in [2.45, 2.75) is 25.3 Å². The molecule has 0 fully saturated rings. The van der Waals surface area contributed by atoms with Gasteiger partial charge in [0, 0.05) is 6.42 Å². The lowest BCUT2D eigenvalue weighted by Crippen LogP contribution is -2.30. The van der Waals surface area contributed by atoms with E-state index in [1.165, 1.54) is 0 Å². The number of nitrogens with two attached hydrogens (primary N) is 1. The van der Waals surface area contributed by atoms with Gasteiger partial charge < -0.3 is 19.9 Å². The highest BCUT2D eigenvalue weighted by molar-refractivity contribution is 7.46. The molecule has 11 nitrogen and oxygen atoms in total. The maximum Gasteiger partial charge on any atom is 0.524 e. The molecule has 0 unspecified atom stereocenters. The summed E-state index contributed by atoms with van der Waals surface area (Å²) < 4.78 is 30.4. The summed E-state index contributed by atoms with van der Waals surface area (Å²) in [6.07, 6.45) is 0.936. The largest absolute Gasteiger partial charge is 0.524 e. The zero-order valence-electron chi connectivity index (χ0n) is 11.0. The molecule has 0 aromatic heterocycles. The van der Waals surface area contributed by atoms with E-state index in [1.54, 1.807) is 0 Å². The van der Waals surface area contributed by atoms with Crippen LogP contribution < -0.4 is 5.73 Å². The first-order valence-corrected chi connectivity index (χ1v) is 8.85. The second-order valence-corrected chi connectivity index (χ2v) is 6.73. The molecule has 0 radical (unpaired) electrons. The smallest absolute Gasteiger partial charge is 0.480 e. The predicted molar refractivity (Wildman–Crippen MR) is 70.8 cm³/mol. The van der Waals surface area contributed by atoms with Crippen molar-refractivity contribution in [1.29, 1.82) is 0 Å². The van der Waals surface area contributed by atoms with E-state index in [0.29, 0.717) is 5.57 Å². The van der Waals surface area contributed by atoms with Gasteiger partial charge in [0.15, 0.2) is 11.5 Å². The van der Waals surface area contributed by atoms with Gasteiger partial charge in [-0.25, -0.2) is 9.13 Å². The number of aliphatic carboxylic acids is 1. The topological polar surface area (TPSA) is 197 Å². The Bertz CT molecular complexity index is 600. The summed E-state index contributed by atoms with van der Waals surface area (Å²) in [6, 6.07) is -1.23. The van der Waals surface area contributed by atoms with E-state index >= 15 is 0 Å². The standard InChI is InChI=1S/C9H15NO10P2/c10-6(9(11)12)3-5-1-2-7(19-21(13,14)15)8(4-5)20-22(16,17)18/h4,6H,1-3,10H2,(H,11,12)(H2,13,14,15)(H2,16,17,18)/t6-/m0/s1. The summed E-state index contributed by atoms with van der Waals surface area (Å²) in [6.45, 7) is 0. The Hall–Kier alpha value is -1.19. The number of phosphoric ester groups is 2. The summed E-state index contributed by atoms with van der Waals surface area (Å²) in [5, 5.41) is 8.72. The van der Waals surface area contributed by atoms with Gasteiger partial charge in [0.25, 0.3) is 0 Å². The first kappa shape index (κ1) is 18.9. The molecule has 0 heterocycles. The number of hydrogen-bond acceptors (Lipinski definition) is 6. The van der Waals surface area contributed by atoms with Gasteiger partial charge >= 0.3 is 21.6 Å². The van der Waals surface area contributed by atoms with Gasteiger partial charge in [-0.15, -0.1) is 0 Å². The Balaban J connectivity index is 3.07. The van der Waals surface area contributed by atoms with Crippen LogP contribution in [0, 0.1) is 0 Å². The maximum atomic E-state index is 10.9. The average molecular weight is 359 g/mol. The van der Waals surface area contributed by atoms with Crippen LogP contribution in [0.3, 0.4) is 0 Å². The van der Waals surface area contributed by atoms with Crippen molar-refractivity contribution < 1.29 is 47.7 Å². The van der Waals surface area contributed by atoms with Crippen LogP contribution in [0.25, 0.3) is 0 Å². The van der Waals surface area contributed by atoms with Crippen LogP contribution in [0.5, 0.6) is 0 Å². The van der Waals surface area contributed by atoms with E-state index in [4.69, 9.17) is 30.4 Å². The van der Waals surface area contributed by atoms with E-state index < -0.39 is 39.2 Å². The average Bonchev–Trinajstić information content (AvgIpc) is 2.28. The van der Waals surface area contributed by atoms with Gasteiger partial charge in [0.05, 0.1) is 0 Å². The molecule has 1 rings (SSSR count). The highest BCUT2D eigenvalue weighted by Gasteiger charge is 2.29. The van der Waals surface area contributed by atoms with E-state index in [1.807, 2.05) is 0 Å². The zero-order chi connectivity index (χ0) is 17.1. The minimum Gasteiger partial charge on any atom is -0.480 e. The second-order valence-electron chi connectivity index (χ2n) is 4.40. The monoisotopic (exact) mass is 359 g/mol. The number of carbonyl (C=O) groups is 1. The summed E-state index contributed by atoms with van der Waals surface area (Å²) in [4.78, 5) is 45.8.